The van der Waals surface area contributed by atoms with E-state index in [9.17, 15) is 26.0 Å². The highest BCUT2D eigenvalue weighted by atomic mass is 35.5. The van der Waals surface area contributed by atoms with Gasteiger partial charge in [-0.15, -0.1) is 12.4 Å². The van der Waals surface area contributed by atoms with Crippen LogP contribution in [0, 0.1) is 0 Å². The lowest BCUT2D eigenvalue weighted by Crippen LogP contribution is -2.22. The Bertz CT molecular complexity index is 1240. The Balaban J connectivity index is 0.00000363. The molecule has 0 amide bonds. The molecule has 1 heterocycles. The van der Waals surface area contributed by atoms with Crippen LogP contribution in [0.2, 0.25) is 0 Å². The van der Waals surface area contributed by atoms with Crippen molar-refractivity contribution in [3.8, 4) is 11.1 Å². The van der Waals surface area contributed by atoms with E-state index in [-0.39, 0.29) is 34.9 Å². The molecule has 3 aromatic rings. The molecule has 0 aliphatic carbocycles. The summed E-state index contributed by atoms with van der Waals surface area (Å²) < 4.78 is 81.1. The third-order valence-electron chi connectivity index (χ3n) is 4.62. The highest BCUT2D eigenvalue weighted by Gasteiger charge is 2.38. The number of hydrogen-bond donors (Lipinski definition) is 1. The van der Waals surface area contributed by atoms with Crippen molar-refractivity contribution in [2.24, 2.45) is 5.73 Å². The van der Waals surface area contributed by atoms with Crippen molar-refractivity contribution in [3.63, 3.8) is 0 Å². The fraction of sp³-hybridized carbons (Fsp3) is 0.250. The van der Waals surface area contributed by atoms with Gasteiger partial charge < -0.3 is 10.3 Å². The summed E-state index contributed by atoms with van der Waals surface area (Å²) in [5.74, 6) is -2.04. The molecule has 0 atom stereocenters. The van der Waals surface area contributed by atoms with E-state index in [4.69, 9.17) is 5.73 Å². The van der Waals surface area contributed by atoms with E-state index < -0.39 is 34.4 Å². The van der Waals surface area contributed by atoms with Crippen molar-refractivity contribution >= 4 is 33.5 Å². The molecule has 0 spiro atoms. The smallest absolute Gasteiger partial charge is 0.327 e. The third kappa shape index (κ3) is 4.96. The van der Waals surface area contributed by atoms with Crippen molar-refractivity contribution in [2.75, 3.05) is 20.6 Å². The summed E-state index contributed by atoms with van der Waals surface area (Å²) in [6.07, 6.45) is -3.80. The molecule has 0 radical (unpaired) electrons. The quantitative estimate of drug-likeness (QED) is 0.523. The lowest BCUT2D eigenvalue weighted by atomic mass is 10.0. The number of alkyl halides is 3. The van der Waals surface area contributed by atoms with E-state index in [1.165, 1.54) is 50.5 Å². The maximum absolute atomic E-state index is 14.0. The molecule has 32 heavy (non-hydrogen) atoms. The van der Waals surface area contributed by atoms with Gasteiger partial charge >= 0.3 is 6.18 Å². The average molecular weight is 493 g/mol. The molecule has 1 aromatic heterocycles. The molecule has 6 nitrogen and oxygen atoms in total. The Morgan fingerprint density at radius 2 is 1.78 bits per heavy atom. The summed E-state index contributed by atoms with van der Waals surface area (Å²) in [6, 6.07) is 10.2. The predicted molar refractivity (Wildman–Crippen MR) is 117 cm³/mol. The van der Waals surface area contributed by atoms with Crippen molar-refractivity contribution in [1.82, 2.24) is 13.9 Å². The maximum atomic E-state index is 14.0. The number of sulfonamides is 1. The molecule has 0 aliphatic rings. The fourth-order valence-electron chi connectivity index (χ4n) is 3.12. The first-order chi connectivity index (χ1) is 14.5. The van der Waals surface area contributed by atoms with Crippen LogP contribution in [-0.2, 0) is 22.7 Å². The fourth-order valence-corrected chi connectivity index (χ4v) is 4.02. The van der Waals surface area contributed by atoms with E-state index in [0.29, 0.717) is 11.1 Å². The van der Waals surface area contributed by atoms with Crippen LogP contribution in [0.3, 0.4) is 0 Å². The second-order valence-corrected chi connectivity index (χ2v) is 9.04. The largest absolute Gasteiger partial charge is 0.449 e. The molecule has 2 N–H and O–H groups in total. The SMILES string of the molecule is CN(C)S(=O)(=O)c1ccc(-c2cccc3c2nc(C(F)(F)F)n3C/C(F)=C/CN)cc1.Cl. The highest BCUT2D eigenvalue weighted by molar-refractivity contribution is 7.89. The number of para-hydroxylation sites is 1. The Hall–Kier alpha value is -2.47. The average Bonchev–Trinajstić information content (AvgIpc) is 3.07. The molecule has 0 unspecified atom stereocenters. The van der Waals surface area contributed by atoms with Crippen LogP contribution in [0.4, 0.5) is 17.6 Å². The Labute approximate surface area is 188 Å². The first-order valence-electron chi connectivity index (χ1n) is 9.11. The number of fused-ring (bicyclic) bond motifs is 1. The predicted octanol–water partition coefficient (Wildman–Crippen LogP) is 4.21. The molecular weight excluding hydrogens is 472 g/mol. The summed E-state index contributed by atoms with van der Waals surface area (Å²) in [5.41, 5.74) is 6.20. The summed E-state index contributed by atoms with van der Waals surface area (Å²) >= 11 is 0. The summed E-state index contributed by atoms with van der Waals surface area (Å²) in [5, 5.41) is 0. The van der Waals surface area contributed by atoms with E-state index in [1.807, 2.05) is 0 Å². The number of imidazole rings is 1. The van der Waals surface area contributed by atoms with Crippen LogP contribution in [0.5, 0.6) is 0 Å². The van der Waals surface area contributed by atoms with Gasteiger partial charge in [0.15, 0.2) is 0 Å². The molecular formula is C20H21ClF4N4O2S. The Morgan fingerprint density at radius 1 is 1.16 bits per heavy atom. The normalized spacial score (nSPS) is 12.9. The summed E-state index contributed by atoms with van der Waals surface area (Å²) in [4.78, 5) is 3.80. The number of halogens is 5. The van der Waals surface area contributed by atoms with Gasteiger partial charge in [0, 0.05) is 26.2 Å². The van der Waals surface area contributed by atoms with Crippen LogP contribution in [0.1, 0.15) is 5.82 Å². The minimum atomic E-state index is -4.80. The third-order valence-corrected chi connectivity index (χ3v) is 6.45. The van der Waals surface area contributed by atoms with Gasteiger partial charge in [-0.1, -0.05) is 24.3 Å². The van der Waals surface area contributed by atoms with Crippen LogP contribution >= 0.6 is 12.4 Å². The van der Waals surface area contributed by atoms with E-state index >= 15 is 0 Å². The zero-order valence-electron chi connectivity index (χ0n) is 17.1. The van der Waals surface area contributed by atoms with E-state index in [2.05, 4.69) is 4.98 Å². The molecule has 0 aliphatic heterocycles. The zero-order chi connectivity index (χ0) is 23.0. The first-order valence-corrected chi connectivity index (χ1v) is 10.5. The molecule has 0 bridgehead atoms. The van der Waals surface area contributed by atoms with Crippen molar-refractivity contribution < 1.29 is 26.0 Å². The number of aromatic nitrogens is 2. The number of benzene rings is 2. The Kier molecular flexibility index (Phi) is 7.71. The molecule has 2 aromatic carbocycles. The van der Waals surface area contributed by atoms with Gasteiger partial charge in [0.2, 0.25) is 15.8 Å². The number of rotatable bonds is 6. The summed E-state index contributed by atoms with van der Waals surface area (Å²) in [6.45, 7) is -0.806. The Morgan fingerprint density at radius 3 is 2.31 bits per heavy atom. The van der Waals surface area contributed by atoms with Gasteiger partial charge in [-0.05, 0) is 29.8 Å². The first kappa shape index (κ1) is 25.8. The summed E-state index contributed by atoms with van der Waals surface area (Å²) in [7, 11) is -0.860. The lowest BCUT2D eigenvalue weighted by molar-refractivity contribution is -0.146. The molecule has 0 saturated heterocycles. The van der Waals surface area contributed by atoms with Crippen LogP contribution < -0.4 is 5.73 Å². The van der Waals surface area contributed by atoms with E-state index in [0.717, 1.165) is 14.9 Å². The van der Waals surface area contributed by atoms with Gasteiger partial charge in [-0.25, -0.2) is 22.1 Å². The standard InChI is InChI=1S/C20H20F4N4O2S.ClH/c1-27(2)31(29,30)15-8-6-13(7-9-15)16-4-3-5-17-18(16)26-19(20(22,23)24)28(17)12-14(21)10-11-25;/h3-10H,11-12,25H2,1-2H3;1H/b14-10-;. The highest BCUT2D eigenvalue weighted by Crippen LogP contribution is 2.36. The topological polar surface area (TPSA) is 81.2 Å². The molecule has 0 fully saturated rings. The maximum Gasteiger partial charge on any atom is 0.449 e. The minimum absolute atomic E-state index is 0. The van der Waals surface area contributed by atoms with Gasteiger partial charge in [-0.3, -0.25) is 0 Å². The van der Waals surface area contributed by atoms with Crippen molar-refractivity contribution in [3.05, 3.63) is 60.2 Å². The monoisotopic (exact) mass is 492 g/mol. The number of allylic oxidation sites excluding steroid dienone is 1. The van der Waals surface area contributed by atoms with Gasteiger partial charge in [-0.2, -0.15) is 13.2 Å². The van der Waals surface area contributed by atoms with E-state index in [1.54, 1.807) is 6.07 Å². The van der Waals surface area contributed by atoms with Crippen molar-refractivity contribution in [2.45, 2.75) is 17.6 Å². The molecule has 174 valence electrons. The van der Waals surface area contributed by atoms with Crippen LogP contribution in [0.25, 0.3) is 22.2 Å². The van der Waals surface area contributed by atoms with Gasteiger partial charge in [0.25, 0.3) is 0 Å². The van der Waals surface area contributed by atoms with Crippen LogP contribution in [0.15, 0.2) is 59.3 Å². The molecule has 12 heteroatoms. The van der Waals surface area contributed by atoms with Gasteiger partial charge in [0.1, 0.15) is 5.83 Å². The van der Waals surface area contributed by atoms with Gasteiger partial charge in [0.05, 0.1) is 22.5 Å². The number of nitrogens with two attached hydrogens (primary N) is 1. The zero-order valence-corrected chi connectivity index (χ0v) is 18.7. The minimum Gasteiger partial charge on any atom is -0.327 e. The second kappa shape index (κ2) is 9.57. The molecule has 3 rings (SSSR count). The lowest BCUT2D eigenvalue weighted by Gasteiger charge is -2.12. The number of nitrogens with zero attached hydrogens (tertiary/aromatic N) is 3. The van der Waals surface area contributed by atoms with Crippen molar-refractivity contribution in [1.29, 1.82) is 0 Å². The number of hydrogen-bond acceptors (Lipinski definition) is 4. The second-order valence-electron chi connectivity index (χ2n) is 6.89. The molecule has 0 saturated carbocycles. The van der Waals surface area contributed by atoms with Crippen LogP contribution in [-0.4, -0.2) is 42.9 Å².